The summed E-state index contributed by atoms with van der Waals surface area (Å²) in [6.45, 7) is 1.90. The number of para-hydroxylation sites is 1. The van der Waals surface area contributed by atoms with Gasteiger partial charge in [-0.3, -0.25) is 4.98 Å². The second-order valence-corrected chi connectivity index (χ2v) is 4.58. The SMILES string of the molecule is Cc1cnc(Nc2ccccc2)nc1-c1ccc(F)cn1. The lowest BCUT2D eigenvalue weighted by Crippen LogP contribution is -2.00. The first-order valence-corrected chi connectivity index (χ1v) is 6.50. The number of rotatable bonds is 3. The Morgan fingerprint density at radius 3 is 2.48 bits per heavy atom. The molecule has 0 radical (unpaired) electrons. The molecule has 21 heavy (non-hydrogen) atoms. The van der Waals surface area contributed by atoms with E-state index in [4.69, 9.17) is 0 Å². The molecule has 4 nitrogen and oxygen atoms in total. The van der Waals surface area contributed by atoms with E-state index >= 15 is 0 Å². The Labute approximate surface area is 121 Å². The molecule has 0 unspecified atom stereocenters. The quantitative estimate of drug-likeness (QED) is 0.794. The van der Waals surface area contributed by atoms with Gasteiger partial charge in [0, 0.05) is 11.9 Å². The normalized spacial score (nSPS) is 10.4. The first-order chi connectivity index (χ1) is 10.2. The number of aryl methyl sites for hydroxylation is 1. The van der Waals surface area contributed by atoms with Crippen molar-refractivity contribution in [1.82, 2.24) is 15.0 Å². The predicted octanol–water partition coefficient (Wildman–Crippen LogP) is 3.73. The van der Waals surface area contributed by atoms with Crippen molar-refractivity contribution in [2.24, 2.45) is 0 Å². The first kappa shape index (κ1) is 13.2. The van der Waals surface area contributed by atoms with E-state index in [9.17, 15) is 4.39 Å². The summed E-state index contributed by atoms with van der Waals surface area (Å²) in [5.74, 6) is 0.112. The predicted molar refractivity (Wildman–Crippen MR) is 79.7 cm³/mol. The Hall–Kier alpha value is -2.82. The largest absolute Gasteiger partial charge is 0.324 e. The topological polar surface area (TPSA) is 50.7 Å². The van der Waals surface area contributed by atoms with Crippen molar-refractivity contribution in [2.75, 3.05) is 5.32 Å². The molecule has 0 bridgehead atoms. The summed E-state index contributed by atoms with van der Waals surface area (Å²) in [5.41, 5.74) is 3.09. The van der Waals surface area contributed by atoms with Crippen molar-refractivity contribution >= 4 is 11.6 Å². The van der Waals surface area contributed by atoms with Crippen molar-refractivity contribution in [3.63, 3.8) is 0 Å². The fourth-order valence-corrected chi connectivity index (χ4v) is 1.93. The molecule has 1 aromatic carbocycles. The number of nitrogens with zero attached hydrogens (tertiary/aromatic N) is 3. The molecule has 0 spiro atoms. The van der Waals surface area contributed by atoms with E-state index < -0.39 is 0 Å². The zero-order valence-electron chi connectivity index (χ0n) is 11.4. The van der Waals surface area contributed by atoms with Crippen LogP contribution in [-0.4, -0.2) is 15.0 Å². The van der Waals surface area contributed by atoms with E-state index in [0.29, 0.717) is 17.3 Å². The third-order valence-corrected chi connectivity index (χ3v) is 2.97. The number of benzene rings is 1. The second kappa shape index (κ2) is 5.66. The number of anilines is 2. The molecule has 2 heterocycles. The average molecular weight is 280 g/mol. The van der Waals surface area contributed by atoms with Crippen LogP contribution in [0.25, 0.3) is 11.4 Å². The van der Waals surface area contributed by atoms with Crippen LogP contribution in [0.1, 0.15) is 5.56 Å². The highest BCUT2D eigenvalue weighted by atomic mass is 19.1. The van der Waals surface area contributed by atoms with Gasteiger partial charge >= 0.3 is 0 Å². The lowest BCUT2D eigenvalue weighted by molar-refractivity contribution is 0.622. The number of hydrogen-bond donors (Lipinski definition) is 1. The molecule has 2 aromatic heterocycles. The second-order valence-electron chi connectivity index (χ2n) is 4.58. The van der Waals surface area contributed by atoms with Gasteiger partial charge in [-0.15, -0.1) is 0 Å². The van der Waals surface area contributed by atoms with Gasteiger partial charge in [0.1, 0.15) is 5.82 Å². The van der Waals surface area contributed by atoms with Gasteiger partial charge in [-0.05, 0) is 36.8 Å². The van der Waals surface area contributed by atoms with Crippen LogP contribution in [-0.2, 0) is 0 Å². The Morgan fingerprint density at radius 1 is 0.952 bits per heavy atom. The van der Waals surface area contributed by atoms with Crippen LogP contribution in [0.2, 0.25) is 0 Å². The molecule has 104 valence electrons. The minimum Gasteiger partial charge on any atom is -0.324 e. The molecule has 0 saturated heterocycles. The fourth-order valence-electron chi connectivity index (χ4n) is 1.93. The minimum absolute atomic E-state index is 0.368. The summed E-state index contributed by atoms with van der Waals surface area (Å²) < 4.78 is 13.0. The lowest BCUT2D eigenvalue weighted by Gasteiger charge is -2.08. The van der Waals surface area contributed by atoms with Crippen LogP contribution >= 0.6 is 0 Å². The van der Waals surface area contributed by atoms with Crippen LogP contribution in [0.15, 0.2) is 54.9 Å². The monoisotopic (exact) mass is 280 g/mol. The summed E-state index contributed by atoms with van der Waals surface area (Å²) in [4.78, 5) is 12.8. The van der Waals surface area contributed by atoms with E-state index in [1.807, 2.05) is 37.3 Å². The van der Waals surface area contributed by atoms with Crippen molar-refractivity contribution < 1.29 is 4.39 Å². The summed E-state index contributed by atoms with van der Waals surface area (Å²) in [6, 6.07) is 12.6. The smallest absolute Gasteiger partial charge is 0.227 e. The maximum Gasteiger partial charge on any atom is 0.227 e. The zero-order valence-corrected chi connectivity index (χ0v) is 11.4. The molecule has 5 heteroatoms. The van der Waals surface area contributed by atoms with E-state index in [0.717, 1.165) is 11.3 Å². The summed E-state index contributed by atoms with van der Waals surface area (Å²) in [6.07, 6.45) is 2.90. The van der Waals surface area contributed by atoms with Crippen LogP contribution in [0.5, 0.6) is 0 Å². The number of pyridine rings is 1. The van der Waals surface area contributed by atoms with Gasteiger partial charge in [-0.25, -0.2) is 14.4 Å². The molecule has 0 aliphatic rings. The van der Waals surface area contributed by atoms with Gasteiger partial charge in [0.25, 0.3) is 0 Å². The summed E-state index contributed by atoms with van der Waals surface area (Å²) >= 11 is 0. The number of hydrogen-bond acceptors (Lipinski definition) is 4. The highest BCUT2D eigenvalue weighted by Crippen LogP contribution is 2.21. The zero-order chi connectivity index (χ0) is 14.7. The van der Waals surface area contributed by atoms with Gasteiger partial charge in [-0.2, -0.15) is 0 Å². The summed E-state index contributed by atoms with van der Waals surface area (Å²) in [7, 11) is 0. The molecule has 0 aliphatic heterocycles. The van der Waals surface area contributed by atoms with Crippen LogP contribution in [0.4, 0.5) is 16.0 Å². The van der Waals surface area contributed by atoms with E-state index in [2.05, 4.69) is 20.3 Å². The van der Waals surface area contributed by atoms with Crippen molar-refractivity contribution in [3.05, 3.63) is 66.2 Å². The molecule has 0 aliphatic carbocycles. The van der Waals surface area contributed by atoms with Crippen molar-refractivity contribution in [2.45, 2.75) is 6.92 Å². The Kier molecular flexibility index (Phi) is 3.55. The highest BCUT2D eigenvalue weighted by Gasteiger charge is 2.08. The summed E-state index contributed by atoms with van der Waals surface area (Å²) in [5, 5.41) is 3.13. The number of aromatic nitrogens is 3. The maximum absolute atomic E-state index is 13.0. The Morgan fingerprint density at radius 2 is 1.76 bits per heavy atom. The van der Waals surface area contributed by atoms with E-state index in [1.54, 1.807) is 12.3 Å². The molecule has 0 fully saturated rings. The number of nitrogens with one attached hydrogen (secondary N) is 1. The number of halogens is 1. The molecule has 0 amide bonds. The van der Waals surface area contributed by atoms with E-state index in [1.165, 1.54) is 12.3 Å². The van der Waals surface area contributed by atoms with Crippen LogP contribution in [0.3, 0.4) is 0 Å². The van der Waals surface area contributed by atoms with Gasteiger partial charge in [0.2, 0.25) is 5.95 Å². The van der Waals surface area contributed by atoms with Gasteiger partial charge in [-0.1, -0.05) is 18.2 Å². The minimum atomic E-state index is -0.368. The first-order valence-electron chi connectivity index (χ1n) is 6.50. The Balaban J connectivity index is 1.94. The molecular weight excluding hydrogens is 267 g/mol. The van der Waals surface area contributed by atoms with Crippen LogP contribution in [0, 0.1) is 12.7 Å². The van der Waals surface area contributed by atoms with Crippen LogP contribution < -0.4 is 5.32 Å². The van der Waals surface area contributed by atoms with Gasteiger partial charge in [0.15, 0.2) is 0 Å². The van der Waals surface area contributed by atoms with Gasteiger partial charge < -0.3 is 5.32 Å². The fraction of sp³-hybridized carbons (Fsp3) is 0.0625. The molecule has 3 rings (SSSR count). The molecule has 1 N–H and O–H groups in total. The maximum atomic E-state index is 13.0. The molecular formula is C16H13FN4. The van der Waals surface area contributed by atoms with Crippen molar-refractivity contribution in [3.8, 4) is 11.4 Å². The standard InChI is InChI=1S/C16H13FN4/c1-11-9-19-16(20-13-5-3-2-4-6-13)21-15(11)14-8-7-12(17)10-18-14/h2-10H,1H3,(H,19,20,21). The van der Waals surface area contributed by atoms with Crippen molar-refractivity contribution in [1.29, 1.82) is 0 Å². The average Bonchev–Trinajstić information content (AvgIpc) is 2.51. The third kappa shape index (κ3) is 3.02. The van der Waals surface area contributed by atoms with E-state index in [-0.39, 0.29) is 5.82 Å². The molecule has 0 atom stereocenters. The molecule has 0 saturated carbocycles. The highest BCUT2D eigenvalue weighted by molar-refractivity contribution is 5.61. The third-order valence-electron chi connectivity index (χ3n) is 2.97. The lowest BCUT2D eigenvalue weighted by atomic mass is 10.2. The van der Waals surface area contributed by atoms with Gasteiger partial charge in [0.05, 0.1) is 17.6 Å². The molecule has 3 aromatic rings. The Bertz CT molecular complexity index is 742.